The lowest BCUT2D eigenvalue weighted by molar-refractivity contribution is 0.0772. The van der Waals surface area contributed by atoms with Crippen LogP contribution in [-0.2, 0) is 4.74 Å². The highest BCUT2D eigenvalue weighted by atomic mass is 32.2. The maximum absolute atomic E-state index is 5.44. The highest BCUT2D eigenvalue weighted by molar-refractivity contribution is 7.99. The molecule has 0 atom stereocenters. The number of thioether (sulfide) groups is 1. The van der Waals surface area contributed by atoms with Gasteiger partial charge in [0.1, 0.15) is 0 Å². The molecule has 1 aromatic heterocycles. The van der Waals surface area contributed by atoms with Crippen LogP contribution in [0.3, 0.4) is 0 Å². The highest BCUT2D eigenvalue weighted by Gasteiger charge is 2.01. The molecule has 0 radical (unpaired) electrons. The molecule has 6 heteroatoms. The summed E-state index contributed by atoms with van der Waals surface area (Å²) in [5, 5.41) is 11.7. The van der Waals surface area contributed by atoms with Gasteiger partial charge in [0.2, 0.25) is 5.89 Å². The standard InChI is InChI=1S/C11H21N3O2S/c1-9(2)15-7-4-5-12-6-8-17-11-14-13-10(3)16-11/h9,12H,4-8H2,1-3H3. The van der Waals surface area contributed by atoms with Crippen LogP contribution in [0.1, 0.15) is 26.2 Å². The van der Waals surface area contributed by atoms with Crippen molar-refractivity contribution in [3.63, 3.8) is 0 Å². The van der Waals surface area contributed by atoms with Gasteiger partial charge in [-0.25, -0.2) is 0 Å². The Morgan fingerprint density at radius 2 is 2.18 bits per heavy atom. The Bertz CT molecular complexity index is 305. The van der Waals surface area contributed by atoms with Crippen molar-refractivity contribution in [1.29, 1.82) is 0 Å². The van der Waals surface area contributed by atoms with Gasteiger partial charge in [0.25, 0.3) is 5.22 Å². The first kappa shape index (κ1) is 14.5. The Hall–Kier alpha value is -0.590. The molecule has 1 heterocycles. The minimum Gasteiger partial charge on any atom is -0.416 e. The number of nitrogens with zero attached hydrogens (tertiary/aromatic N) is 2. The number of hydrogen-bond acceptors (Lipinski definition) is 6. The van der Waals surface area contributed by atoms with Gasteiger partial charge in [-0.15, -0.1) is 10.2 Å². The zero-order valence-corrected chi connectivity index (χ0v) is 11.5. The van der Waals surface area contributed by atoms with Crippen molar-refractivity contribution in [1.82, 2.24) is 15.5 Å². The molecule has 0 amide bonds. The SMILES string of the molecule is Cc1nnc(SCCNCCCOC(C)C)o1. The molecule has 98 valence electrons. The van der Waals surface area contributed by atoms with Crippen molar-refractivity contribution in [2.45, 2.75) is 38.5 Å². The number of aryl methyl sites for hydroxylation is 1. The van der Waals surface area contributed by atoms with Gasteiger partial charge in [-0.05, 0) is 26.8 Å². The predicted octanol–water partition coefficient (Wildman–Crippen LogP) is 1.87. The molecule has 5 nitrogen and oxygen atoms in total. The monoisotopic (exact) mass is 259 g/mol. The summed E-state index contributed by atoms with van der Waals surface area (Å²) in [6.45, 7) is 8.64. The predicted molar refractivity (Wildman–Crippen MR) is 68.3 cm³/mol. The van der Waals surface area contributed by atoms with Gasteiger partial charge in [-0.1, -0.05) is 11.8 Å². The van der Waals surface area contributed by atoms with E-state index in [0.29, 0.717) is 17.2 Å². The smallest absolute Gasteiger partial charge is 0.276 e. The first-order valence-electron chi connectivity index (χ1n) is 5.93. The maximum Gasteiger partial charge on any atom is 0.276 e. The lowest BCUT2D eigenvalue weighted by atomic mass is 10.4. The van der Waals surface area contributed by atoms with E-state index in [1.54, 1.807) is 18.7 Å². The molecular weight excluding hydrogens is 238 g/mol. The van der Waals surface area contributed by atoms with Gasteiger partial charge < -0.3 is 14.5 Å². The van der Waals surface area contributed by atoms with Gasteiger partial charge in [0.15, 0.2) is 0 Å². The first-order chi connectivity index (χ1) is 8.18. The topological polar surface area (TPSA) is 60.2 Å². The average Bonchev–Trinajstić information content (AvgIpc) is 2.68. The average molecular weight is 259 g/mol. The van der Waals surface area contributed by atoms with Crippen LogP contribution in [0.25, 0.3) is 0 Å². The van der Waals surface area contributed by atoms with Gasteiger partial charge >= 0.3 is 0 Å². The van der Waals surface area contributed by atoms with Crippen LogP contribution >= 0.6 is 11.8 Å². The Morgan fingerprint density at radius 1 is 1.35 bits per heavy atom. The van der Waals surface area contributed by atoms with Crippen LogP contribution < -0.4 is 5.32 Å². The van der Waals surface area contributed by atoms with Crippen LogP contribution in [0.15, 0.2) is 9.64 Å². The van der Waals surface area contributed by atoms with Gasteiger partial charge in [-0.2, -0.15) is 0 Å². The summed E-state index contributed by atoms with van der Waals surface area (Å²) in [6, 6.07) is 0. The number of ether oxygens (including phenoxy) is 1. The number of aromatic nitrogens is 2. The van der Waals surface area contributed by atoms with Gasteiger partial charge in [-0.3, -0.25) is 0 Å². The summed E-state index contributed by atoms with van der Waals surface area (Å²) in [5.74, 6) is 1.55. The molecular formula is C11H21N3O2S. The quantitative estimate of drug-likeness (QED) is 0.539. The molecule has 0 aromatic carbocycles. The minimum atomic E-state index is 0.325. The Labute approximate surface area is 107 Å². The molecule has 0 saturated carbocycles. The minimum absolute atomic E-state index is 0.325. The number of nitrogens with one attached hydrogen (secondary N) is 1. The van der Waals surface area contributed by atoms with Crippen molar-refractivity contribution in [2.75, 3.05) is 25.4 Å². The Balaban J connectivity index is 1.88. The van der Waals surface area contributed by atoms with E-state index in [1.165, 1.54) is 0 Å². The van der Waals surface area contributed by atoms with E-state index in [9.17, 15) is 0 Å². The molecule has 1 rings (SSSR count). The number of hydrogen-bond donors (Lipinski definition) is 1. The summed E-state index contributed by atoms with van der Waals surface area (Å²) in [4.78, 5) is 0. The van der Waals surface area contributed by atoms with E-state index in [4.69, 9.17) is 9.15 Å². The molecule has 1 aromatic rings. The van der Waals surface area contributed by atoms with Gasteiger partial charge in [0, 0.05) is 25.8 Å². The fourth-order valence-electron chi connectivity index (χ4n) is 1.19. The van der Waals surface area contributed by atoms with Crippen LogP contribution in [0.2, 0.25) is 0 Å². The van der Waals surface area contributed by atoms with E-state index in [0.717, 1.165) is 31.9 Å². The van der Waals surface area contributed by atoms with E-state index < -0.39 is 0 Å². The van der Waals surface area contributed by atoms with Crippen LogP contribution in [0.4, 0.5) is 0 Å². The fraction of sp³-hybridized carbons (Fsp3) is 0.818. The largest absolute Gasteiger partial charge is 0.416 e. The third kappa shape index (κ3) is 7.36. The van der Waals surface area contributed by atoms with Crippen molar-refractivity contribution in [3.05, 3.63) is 5.89 Å². The third-order valence-corrected chi connectivity index (χ3v) is 2.78. The zero-order valence-electron chi connectivity index (χ0n) is 10.7. The van der Waals surface area contributed by atoms with Crippen LogP contribution in [0.5, 0.6) is 0 Å². The Kier molecular flexibility index (Phi) is 7.23. The van der Waals surface area contributed by atoms with Crippen molar-refractivity contribution < 1.29 is 9.15 Å². The molecule has 0 spiro atoms. The molecule has 0 unspecified atom stereocenters. The lowest BCUT2D eigenvalue weighted by Gasteiger charge is -2.07. The molecule has 0 saturated heterocycles. The van der Waals surface area contributed by atoms with E-state index in [1.807, 2.05) is 0 Å². The summed E-state index contributed by atoms with van der Waals surface area (Å²) in [7, 11) is 0. The molecule has 0 aliphatic rings. The summed E-state index contributed by atoms with van der Waals surface area (Å²) >= 11 is 1.58. The molecule has 0 bridgehead atoms. The Morgan fingerprint density at radius 3 is 2.82 bits per heavy atom. The van der Waals surface area contributed by atoms with Crippen LogP contribution in [0, 0.1) is 6.92 Å². The second kappa shape index (κ2) is 8.49. The maximum atomic E-state index is 5.44. The summed E-state index contributed by atoms with van der Waals surface area (Å²) in [6.07, 6.45) is 1.37. The third-order valence-electron chi connectivity index (χ3n) is 1.96. The van der Waals surface area contributed by atoms with E-state index in [-0.39, 0.29) is 0 Å². The van der Waals surface area contributed by atoms with E-state index >= 15 is 0 Å². The summed E-state index contributed by atoms with van der Waals surface area (Å²) < 4.78 is 10.7. The zero-order chi connectivity index (χ0) is 12.5. The molecule has 1 N–H and O–H groups in total. The number of rotatable bonds is 9. The van der Waals surface area contributed by atoms with Crippen molar-refractivity contribution in [3.8, 4) is 0 Å². The molecule has 0 fully saturated rings. The molecule has 0 aliphatic carbocycles. The van der Waals surface area contributed by atoms with Crippen molar-refractivity contribution in [2.24, 2.45) is 0 Å². The normalized spacial score (nSPS) is 11.3. The highest BCUT2D eigenvalue weighted by Crippen LogP contribution is 2.14. The second-order valence-corrected chi connectivity index (χ2v) is 5.00. The van der Waals surface area contributed by atoms with Crippen molar-refractivity contribution >= 4 is 11.8 Å². The first-order valence-corrected chi connectivity index (χ1v) is 6.92. The fourth-order valence-corrected chi connectivity index (χ4v) is 1.89. The van der Waals surface area contributed by atoms with Crippen LogP contribution in [-0.4, -0.2) is 41.8 Å². The lowest BCUT2D eigenvalue weighted by Crippen LogP contribution is -2.20. The molecule has 17 heavy (non-hydrogen) atoms. The summed E-state index contributed by atoms with van der Waals surface area (Å²) in [5.41, 5.74) is 0. The molecule has 0 aliphatic heterocycles. The second-order valence-electron chi connectivity index (χ2n) is 3.96. The van der Waals surface area contributed by atoms with Gasteiger partial charge in [0.05, 0.1) is 6.10 Å². The van der Waals surface area contributed by atoms with E-state index in [2.05, 4.69) is 29.4 Å².